The molecule has 188 valence electrons. The molecule has 0 aromatic carbocycles. The van der Waals surface area contributed by atoms with Crippen molar-refractivity contribution in [2.45, 2.75) is 64.0 Å². The fourth-order valence-electron chi connectivity index (χ4n) is 5.46. The number of nitrogens with one attached hydrogen (secondary N) is 1. The van der Waals surface area contributed by atoms with E-state index in [0.717, 1.165) is 42.6 Å². The number of amides is 4. The molecular weight excluding hydrogens is 446 g/mol. The van der Waals surface area contributed by atoms with Crippen molar-refractivity contribution in [3.8, 4) is 0 Å². The van der Waals surface area contributed by atoms with Crippen molar-refractivity contribution in [3.63, 3.8) is 0 Å². The quantitative estimate of drug-likeness (QED) is 0.585. The highest BCUT2D eigenvalue weighted by atomic mass is 16.2. The molecule has 0 radical (unpaired) electrons. The number of nitrogens with zero attached hydrogens (tertiary/aromatic N) is 5. The lowest BCUT2D eigenvalue weighted by molar-refractivity contribution is -0.156. The van der Waals surface area contributed by atoms with E-state index in [1.54, 1.807) is 49.4 Å². The normalized spacial score (nSPS) is 21.3. The highest BCUT2D eigenvalue weighted by Gasteiger charge is 2.55. The van der Waals surface area contributed by atoms with Gasteiger partial charge in [-0.3, -0.25) is 24.1 Å². The number of likely N-dealkylation sites (N-methyl/N-ethyl adjacent to an activating group) is 1. The first-order valence-corrected chi connectivity index (χ1v) is 12.4. The molecule has 1 aliphatic heterocycles. The average molecular weight is 482 g/mol. The summed E-state index contributed by atoms with van der Waals surface area (Å²) in [6, 6.07) is 3.76. The third-order valence-corrected chi connectivity index (χ3v) is 7.42. The third-order valence-electron chi connectivity index (χ3n) is 7.42. The molecule has 35 heavy (non-hydrogen) atoms. The van der Waals surface area contributed by atoms with Gasteiger partial charge in [0, 0.05) is 32.4 Å². The van der Waals surface area contributed by atoms with E-state index in [0.29, 0.717) is 24.0 Å². The highest BCUT2D eigenvalue weighted by Crippen LogP contribution is 2.34. The zero-order valence-electron chi connectivity index (χ0n) is 20.7. The molecule has 2 aliphatic rings. The monoisotopic (exact) mass is 481 g/mol. The van der Waals surface area contributed by atoms with Crippen molar-refractivity contribution in [3.05, 3.63) is 36.2 Å². The van der Waals surface area contributed by atoms with E-state index in [-0.39, 0.29) is 17.9 Å². The van der Waals surface area contributed by atoms with E-state index in [1.165, 1.54) is 11.3 Å². The van der Waals surface area contributed by atoms with Gasteiger partial charge in [0.25, 0.3) is 5.91 Å². The lowest BCUT2D eigenvalue weighted by atomic mass is 9.81. The van der Waals surface area contributed by atoms with E-state index in [4.69, 9.17) is 5.73 Å². The van der Waals surface area contributed by atoms with Gasteiger partial charge in [-0.2, -0.15) is 5.10 Å². The summed E-state index contributed by atoms with van der Waals surface area (Å²) in [5.41, 5.74) is 6.61. The summed E-state index contributed by atoms with van der Waals surface area (Å²) in [6.45, 7) is 2.05. The summed E-state index contributed by atoms with van der Waals surface area (Å²) in [5, 5.41) is 7.21. The number of anilines is 2. The Kier molecular flexibility index (Phi) is 7.37. The minimum Gasteiger partial charge on any atom is -0.384 e. The maximum atomic E-state index is 13.6. The van der Waals surface area contributed by atoms with Crippen molar-refractivity contribution in [1.82, 2.24) is 25.0 Å². The number of aryl methyl sites for hydroxylation is 1. The Morgan fingerprint density at radius 1 is 1.23 bits per heavy atom. The molecule has 2 aromatic rings. The van der Waals surface area contributed by atoms with Crippen molar-refractivity contribution in [2.75, 3.05) is 17.7 Å². The Labute approximate surface area is 205 Å². The van der Waals surface area contributed by atoms with Crippen LogP contribution < -0.4 is 16.0 Å². The van der Waals surface area contributed by atoms with E-state index < -0.39 is 18.0 Å². The Morgan fingerprint density at radius 2 is 1.97 bits per heavy atom. The number of rotatable bonds is 7. The number of carbonyl (C=O) groups excluding carboxylic acids is 3. The van der Waals surface area contributed by atoms with Gasteiger partial charge in [-0.15, -0.1) is 0 Å². The predicted octanol–water partition coefficient (Wildman–Crippen LogP) is 2.50. The molecule has 0 bridgehead atoms. The van der Waals surface area contributed by atoms with Crippen LogP contribution in [0.1, 0.15) is 51.0 Å². The van der Waals surface area contributed by atoms with E-state index in [9.17, 15) is 14.4 Å². The van der Waals surface area contributed by atoms with Crippen LogP contribution in [0.15, 0.2) is 30.6 Å². The predicted molar refractivity (Wildman–Crippen MR) is 132 cm³/mol. The fourth-order valence-corrected chi connectivity index (χ4v) is 5.46. The van der Waals surface area contributed by atoms with Crippen LogP contribution in [-0.4, -0.2) is 56.6 Å². The molecular formula is C25H35N7O3. The van der Waals surface area contributed by atoms with Gasteiger partial charge in [0.05, 0.1) is 12.1 Å². The summed E-state index contributed by atoms with van der Waals surface area (Å²) in [6.07, 6.45) is 9.95. The molecule has 0 unspecified atom stereocenters. The van der Waals surface area contributed by atoms with Crippen LogP contribution in [0.5, 0.6) is 0 Å². The van der Waals surface area contributed by atoms with Crippen LogP contribution in [0.2, 0.25) is 0 Å². The van der Waals surface area contributed by atoms with Gasteiger partial charge in [-0.1, -0.05) is 26.2 Å². The summed E-state index contributed by atoms with van der Waals surface area (Å²) >= 11 is 0. The molecule has 3 heterocycles. The SMILES string of the molecule is CC[C@@H](NC(=O)N1C(=O)[C@H](Cc2ccnc(N)c2)[C@H]1C(=O)N(C)c1ccnn1C)C1CCCCC1. The number of β-lactam (4-membered cyclic amide) rings is 1. The van der Waals surface area contributed by atoms with Gasteiger partial charge in [0.2, 0.25) is 5.91 Å². The van der Waals surface area contributed by atoms with E-state index in [1.807, 2.05) is 6.92 Å². The molecule has 1 saturated heterocycles. The third kappa shape index (κ3) is 5.01. The lowest BCUT2D eigenvalue weighted by Crippen LogP contribution is -2.71. The number of likely N-dealkylation sites (tertiary alicyclic amines) is 1. The van der Waals surface area contributed by atoms with Crippen molar-refractivity contribution >= 4 is 29.5 Å². The lowest BCUT2D eigenvalue weighted by Gasteiger charge is -2.46. The molecule has 0 spiro atoms. The smallest absolute Gasteiger partial charge is 0.325 e. The number of nitrogen functional groups attached to an aromatic ring is 1. The first-order chi connectivity index (χ1) is 16.8. The molecule has 2 aromatic heterocycles. The van der Waals surface area contributed by atoms with Crippen LogP contribution >= 0.6 is 0 Å². The van der Waals surface area contributed by atoms with Crippen LogP contribution in [0.4, 0.5) is 16.4 Å². The Morgan fingerprint density at radius 3 is 2.60 bits per heavy atom. The minimum atomic E-state index is -0.916. The topological polar surface area (TPSA) is 126 Å². The Balaban J connectivity index is 1.56. The second kappa shape index (κ2) is 10.5. The molecule has 3 N–H and O–H groups in total. The number of carbonyl (C=O) groups is 3. The molecule has 1 aliphatic carbocycles. The summed E-state index contributed by atoms with van der Waals surface area (Å²) in [7, 11) is 3.37. The molecule has 1 saturated carbocycles. The maximum absolute atomic E-state index is 13.6. The van der Waals surface area contributed by atoms with Gasteiger partial charge in [0.1, 0.15) is 17.7 Å². The molecule has 2 fully saturated rings. The second-order valence-corrected chi connectivity index (χ2v) is 9.63. The first-order valence-electron chi connectivity index (χ1n) is 12.4. The van der Waals surface area contributed by atoms with Crippen LogP contribution in [0.25, 0.3) is 0 Å². The fraction of sp³-hybridized carbons (Fsp3) is 0.560. The second-order valence-electron chi connectivity index (χ2n) is 9.63. The number of hydrogen-bond donors (Lipinski definition) is 2. The number of nitrogens with two attached hydrogens (primary N) is 1. The van der Waals surface area contributed by atoms with Crippen LogP contribution in [0, 0.1) is 11.8 Å². The number of pyridine rings is 1. The van der Waals surface area contributed by atoms with Gasteiger partial charge in [0.15, 0.2) is 0 Å². The summed E-state index contributed by atoms with van der Waals surface area (Å²) in [5.74, 6) is -0.0297. The molecule has 4 amide bonds. The number of imide groups is 1. The van der Waals surface area contributed by atoms with Gasteiger partial charge in [-0.05, 0) is 49.3 Å². The molecule has 4 rings (SSSR count). The summed E-state index contributed by atoms with van der Waals surface area (Å²) in [4.78, 5) is 46.8. The molecule has 3 atom stereocenters. The van der Waals surface area contributed by atoms with Crippen molar-refractivity contribution < 1.29 is 14.4 Å². The average Bonchev–Trinajstić information content (AvgIpc) is 3.29. The Bertz CT molecular complexity index is 1080. The minimum absolute atomic E-state index is 0.0137. The standard InChI is InChI=1S/C25H35N7O3/c1-4-19(17-8-6-5-7-9-17)29-25(35)32-22(24(34)30(2)21-11-13-28-31(21)3)18(23(32)33)14-16-10-12-27-20(26)15-16/h10-13,15,17-19,22H,4-9,14H2,1-3H3,(H2,26,27)(H,29,35)/t18-,19-,22+/m1/s1. The van der Waals surface area contributed by atoms with Crippen molar-refractivity contribution in [2.24, 2.45) is 18.9 Å². The zero-order valence-corrected chi connectivity index (χ0v) is 20.7. The summed E-state index contributed by atoms with van der Waals surface area (Å²) < 4.78 is 1.58. The van der Waals surface area contributed by atoms with Gasteiger partial charge >= 0.3 is 6.03 Å². The van der Waals surface area contributed by atoms with Crippen molar-refractivity contribution in [1.29, 1.82) is 0 Å². The Hall–Kier alpha value is -3.43. The highest BCUT2D eigenvalue weighted by molar-refractivity contribution is 6.12. The number of aromatic nitrogens is 3. The van der Waals surface area contributed by atoms with E-state index >= 15 is 0 Å². The number of hydrogen-bond acceptors (Lipinski definition) is 6. The zero-order chi connectivity index (χ0) is 25.1. The largest absolute Gasteiger partial charge is 0.384 e. The first kappa shape index (κ1) is 24.7. The van der Waals surface area contributed by atoms with Crippen LogP contribution in [-0.2, 0) is 23.1 Å². The number of urea groups is 1. The van der Waals surface area contributed by atoms with Gasteiger partial charge in [-0.25, -0.2) is 9.78 Å². The van der Waals surface area contributed by atoms with E-state index in [2.05, 4.69) is 15.4 Å². The maximum Gasteiger partial charge on any atom is 0.325 e. The molecule has 10 heteroatoms. The van der Waals surface area contributed by atoms with Crippen LogP contribution in [0.3, 0.4) is 0 Å². The molecule has 10 nitrogen and oxygen atoms in total. The van der Waals surface area contributed by atoms with Gasteiger partial charge < -0.3 is 11.1 Å².